The van der Waals surface area contributed by atoms with Crippen LogP contribution in [0.4, 0.5) is 13.2 Å². The SMILES string of the molecule is CC(NC1=NCN(CC(F)(F)F)C=C1)c1ccccc1. The maximum Gasteiger partial charge on any atom is 0.405 e. The molecule has 20 heavy (non-hydrogen) atoms. The number of hydrogen-bond acceptors (Lipinski definition) is 3. The number of halogens is 3. The van der Waals surface area contributed by atoms with E-state index in [-0.39, 0.29) is 12.7 Å². The molecule has 0 aromatic heterocycles. The van der Waals surface area contributed by atoms with Gasteiger partial charge in [-0.3, -0.25) is 0 Å². The molecule has 1 unspecified atom stereocenters. The lowest BCUT2D eigenvalue weighted by atomic mass is 10.1. The third kappa shape index (κ3) is 4.29. The van der Waals surface area contributed by atoms with E-state index in [2.05, 4.69) is 10.3 Å². The van der Waals surface area contributed by atoms with Crippen molar-refractivity contribution < 1.29 is 13.2 Å². The Kier molecular flexibility index (Phi) is 4.32. The number of hydrogen-bond donors (Lipinski definition) is 1. The van der Waals surface area contributed by atoms with Crippen molar-refractivity contribution >= 4 is 5.84 Å². The lowest BCUT2D eigenvalue weighted by Gasteiger charge is -2.24. The highest BCUT2D eigenvalue weighted by Crippen LogP contribution is 2.18. The van der Waals surface area contributed by atoms with E-state index in [9.17, 15) is 13.2 Å². The average molecular weight is 283 g/mol. The van der Waals surface area contributed by atoms with Crippen LogP contribution in [0.15, 0.2) is 47.6 Å². The van der Waals surface area contributed by atoms with E-state index in [1.54, 1.807) is 6.08 Å². The molecule has 3 nitrogen and oxygen atoms in total. The Morgan fingerprint density at radius 2 is 2.00 bits per heavy atom. The summed E-state index contributed by atoms with van der Waals surface area (Å²) in [5.41, 5.74) is 1.10. The summed E-state index contributed by atoms with van der Waals surface area (Å²) < 4.78 is 36.7. The summed E-state index contributed by atoms with van der Waals surface area (Å²) in [5, 5.41) is 3.17. The van der Waals surface area contributed by atoms with E-state index < -0.39 is 12.7 Å². The smallest absolute Gasteiger partial charge is 0.364 e. The molecule has 1 heterocycles. The van der Waals surface area contributed by atoms with Gasteiger partial charge in [-0.05, 0) is 18.6 Å². The minimum Gasteiger partial charge on any atom is -0.364 e. The number of nitrogens with zero attached hydrogens (tertiary/aromatic N) is 2. The first-order valence-corrected chi connectivity index (χ1v) is 6.29. The molecule has 108 valence electrons. The maximum atomic E-state index is 12.2. The van der Waals surface area contributed by atoms with Crippen molar-refractivity contribution in [3.8, 4) is 0 Å². The van der Waals surface area contributed by atoms with Crippen molar-refractivity contribution in [2.24, 2.45) is 4.99 Å². The first-order valence-electron chi connectivity index (χ1n) is 6.29. The third-order valence-corrected chi connectivity index (χ3v) is 2.91. The van der Waals surface area contributed by atoms with Crippen LogP contribution in [0.3, 0.4) is 0 Å². The molecule has 1 aliphatic rings. The van der Waals surface area contributed by atoms with Crippen molar-refractivity contribution in [2.75, 3.05) is 13.2 Å². The second-order valence-corrected chi connectivity index (χ2v) is 4.64. The molecule has 1 N–H and O–H groups in total. The summed E-state index contributed by atoms with van der Waals surface area (Å²) in [4.78, 5) is 5.23. The molecule has 0 amide bonds. The van der Waals surface area contributed by atoms with Gasteiger partial charge in [0.05, 0.1) is 0 Å². The van der Waals surface area contributed by atoms with E-state index >= 15 is 0 Å². The fourth-order valence-electron chi connectivity index (χ4n) is 1.92. The van der Waals surface area contributed by atoms with Gasteiger partial charge in [-0.1, -0.05) is 30.3 Å². The minimum atomic E-state index is -4.21. The summed E-state index contributed by atoms with van der Waals surface area (Å²) in [6.07, 6.45) is -1.22. The molecular weight excluding hydrogens is 267 g/mol. The van der Waals surface area contributed by atoms with E-state index in [0.29, 0.717) is 5.84 Å². The average Bonchev–Trinajstić information content (AvgIpc) is 2.40. The van der Waals surface area contributed by atoms with Gasteiger partial charge in [0.25, 0.3) is 0 Å². The van der Waals surface area contributed by atoms with Gasteiger partial charge in [-0.2, -0.15) is 13.2 Å². The van der Waals surface area contributed by atoms with Crippen LogP contribution in [0, 0.1) is 0 Å². The fourth-order valence-corrected chi connectivity index (χ4v) is 1.92. The number of aliphatic imine (C=N–C) groups is 1. The highest BCUT2D eigenvalue weighted by molar-refractivity contribution is 5.93. The van der Waals surface area contributed by atoms with Crippen LogP contribution in [-0.2, 0) is 0 Å². The quantitative estimate of drug-likeness (QED) is 0.923. The minimum absolute atomic E-state index is 0.0137. The van der Waals surface area contributed by atoms with Crippen molar-refractivity contribution in [1.29, 1.82) is 0 Å². The highest BCUT2D eigenvalue weighted by Gasteiger charge is 2.30. The molecule has 0 bridgehead atoms. The Bertz CT molecular complexity index is 494. The predicted molar refractivity (Wildman–Crippen MR) is 72.2 cm³/mol. The van der Waals surface area contributed by atoms with E-state index in [1.165, 1.54) is 6.20 Å². The molecule has 0 radical (unpaired) electrons. The predicted octanol–water partition coefficient (Wildman–Crippen LogP) is 3.08. The van der Waals surface area contributed by atoms with E-state index in [4.69, 9.17) is 0 Å². The van der Waals surface area contributed by atoms with Gasteiger partial charge in [0.15, 0.2) is 0 Å². The third-order valence-electron chi connectivity index (χ3n) is 2.91. The van der Waals surface area contributed by atoms with Crippen LogP contribution >= 0.6 is 0 Å². The fraction of sp³-hybridized carbons (Fsp3) is 0.357. The second-order valence-electron chi connectivity index (χ2n) is 4.64. The molecule has 0 spiro atoms. The zero-order valence-corrected chi connectivity index (χ0v) is 11.1. The number of nitrogens with one attached hydrogen (secondary N) is 1. The largest absolute Gasteiger partial charge is 0.405 e. The van der Waals surface area contributed by atoms with Crippen molar-refractivity contribution in [2.45, 2.75) is 19.1 Å². The molecule has 1 aromatic carbocycles. The molecule has 2 rings (SSSR count). The normalized spacial score (nSPS) is 16.8. The van der Waals surface area contributed by atoms with Gasteiger partial charge >= 0.3 is 6.18 Å². The second kappa shape index (κ2) is 5.98. The summed E-state index contributed by atoms with van der Waals surface area (Å²) in [6.45, 7) is 1.02. The molecule has 1 aromatic rings. The van der Waals surface area contributed by atoms with E-state index in [1.807, 2.05) is 37.3 Å². The molecule has 0 aliphatic carbocycles. The topological polar surface area (TPSA) is 27.6 Å². The van der Waals surface area contributed by atoms with Crippen molar-refractivity contribution in [3.05, 3.63) is 48.2 Å². The lowest BCUT2D eigenvalue weighted by Crippen LogP contribution is -2.35. The van der Waals surface area contributed by atoms with Crippen LogP contribution in [0.25, 0.3) is 0 Å². The van der Waals surface area contributed by atoms with Gasteiger partial charge in [-0.25, -0.2) is 4.99 Å². The number of amidine groups is 1. The van der Waals surface area contributed by atoms with Crippen LogP contribution in [0.5, 0.6) is 0 Å². The first kappa shape index (κ1) is 14.4. The molecule has 0 saturated heterocycles. The highest BCUT2D eigenvalue weighted by atomic mass is 19.4. The number of alkyl halides is 3. The molecule has 0 fully saturated rings. The van der Waals surface area contributed by atoms with Crippen LogP contribution in [0.1, 0.15) is 18.5 Å². The molecule has 1 atom stereocenters. The summed E-state index contributed by atoms with van der Waals surface area (Å²) in [7, 11) is 0. The van der Waals surface area contributed by atoms with Gasteiger partial charge in [0, 0.05) is 12.2 Å². The van der Waals surface area contributed by atoms with Gasteiger partial charge in [-0.15, -0.1) is 0 Å². The molecule has 1 aliphatic heterocycles. The molecule has 6 heteroatoms. The van der Waals surface area contributed by atoms with Crippen LogP contribution < -0.4 is 5.32 Å². The number of rotatable bonds is 3. The van der Waals surface area contributed by atoms with Crippen LogP contribution in [0.2, 0.25) is 0 Å². The van der Waals surface area contributed by atoms with E-state index in [0.717, 1.165) is 10.5 Å². The number of benzene rings is 1. The van der Waals surface area contributed by atoms with Gasteiger partial charge < -0.3 is 10.2 Å². The Hall–Kier alpha value is -1.98. The standard InChI is InChI=1S/C14H16F3N3/c1-11(12-5-3-2-4-6-12)19-13-7-8-20(10-18-13)9-14(15,16)17/h2-8,11H,9-10H2,1H3,(H,18,19). The monoisotopic (exact) mass is 283 g/mol. The lowest BCUT2D eigenvalue weighted by molar-refractivity contribution is -0.140. The molecule has 0 saturated carbocycles. The van der Waals surface area contributed by atoms with Crippen molar-refractivity contribution in [1.82, 2.24) is 10.2 Å². The summed E-state index contributed by atoms with van der Waals surface area (Å²) >= 11 is 0. The van der Waals surface area contributed by atoms with Crippen molar-refractivity contribution in [3.63, 3.8) is 0 Å². The summed E-state index contributed by atoms with van der Waals surface area (Å²) in [5.74, 6) is 0.597. The summed E-state index contributed by atoms with van der Waals surface area (Å²) in [6, 6.07) is 9.84. The van der Waals surface area contributed by atoms with Gasteiger partial charge in [0.2, 0.25) is 0 Å². The zero-order chi connectivity index (χ0) is 14.6. The Morgan fingerprint density at radius 3 is 2.55 bits per heavy atom. The Labute approximate surface area is 115 Å². The Morgan fingerprint density at radius 1 is 1.30 bits per heavy atom. The van der Waals surface area contributed by atoms with Gasteiger partial charge in [0.1, 0.15) is 19.0 Å². The first-order chi connectivity index (χ1) is 9.44. The Balaban J connectivity index is 1.89. The molecular formula is C14H16F3N3. The zero-order valence-electron chi connectivity index (χ0n) is 11.1. The maximum absolute atomic E-state index is 12.2. The van der Waals surface area contributed by atoms with Crippen LogP contribution in [-0.4, -0.2) is 30.1 Å².